The molecule has 7 heteroatoms. The molecule has 130 valence electrons. The number of nitrogens with zero attached hydrogens (tertiary/aromatic N) is 1. The van der Waals surface area contributed by atoms with Gasteiger partial charge in [-0.3, -0.25) is 9.69 Å². The smallest absolute Gasteiger partial charge is 0.325 e. The zero-order valence-electron chi connectivity index (χ0n) is 13.4. The zero-order chi connectivity index (χ0) is 17.5. The van der Waals surface area contributed by atoms with Gasteiger partial charge in [-0.2, -0.15) is 0 Å². The molecule has 0 radical (unpaired) electrons. The molecule has 2 fully saturated rings. The number of nitrogens with one attached hydrogen (secondary N) is 1. The number of aliphatic hydroxyl groups is 1. The van der Waals surface area contributed by atoms with Crippen molar-refractivity contribution in [2.75, 3.05) is 6.54 Å². The summed E-state index contributed by atoms with van der Waals surface area (Å²) < 4.78 is 27.0. The maximum atomic E-state index is 13.7. The molecule has 1 aromatic rings. The van der Waals surface area contributed by atoms with Crippen molar-refractivity contribution in [3.05, 3.63) is 35.4 Å². The van der Waals surface area contributed by atoms with Crippen LogP contribution in [0.5, 0.6) is 0 Å². The molecule has 1 aromatic carbocycles. The van der Waals surface area contributed by atoms with Gasteiger partial charge in [-0.1, -0.05) is 6.92 Å². The highest BCUT2D eigenvalue weighted by atomic mass is 19.1. The number of hydrogen-bond donors (Lipinski definition) is 2. The minimum atomic E-state index is -1.48. The van der Waals surface area contributed by atoms with Gasteiger partial charge in [-0.15, -0.1) is 0 Å². The first kappa shape index (κ1) is 16.8. The second-order valence-electron chi connectivity index (χ2n) is 6.79. The lowest BCUT2D eigenvalue weighted by Crippen LogP contribution is -2.49. The van der Waals surface area contributed by atoms with Crippen molar-refractivity contribution in [1.29, 1.82) is 0 Å². The Hall–Kier alpha value is -2.02. The molecule has 0 aromatic heterocycles. The third kappa shape index (κ3) is 2.88. The fraction of sp³-hybridized carbons (Fsp3) is 0.529. The van der Waals surface area contributed by atoms with Crippen molar-refractivity contribution in [3.8, 4) is 0 Å². The summed E-state index contributed by atoms with van der Waals surface area (Å²) in [5.41, 5.74) is -1.18. The van der Waals surface area contributed by atoms with Crippen LogP contribution in [0.1, 0.15) is 44.3 Å². The van der Waals surface area contributed by atoms with Gasteiger partial charge in [0.15, 0.2) is 0 Å². The molecule has 1 aliphatic heterocycles. The number of benzene rings is 1. The van der Waals surface area contributed by atoms with Gasteiger partial charge >= 0.3 is 6.03 Å². The van der Waals surface area contributed by atoms with Crippen LogP contribution in [-0.4, -0.2) is 34.0 Å². The van der Waals surface area contributed by atoms with Crippen molar-refractivity contribution >= 4 is 11.9 Å². The van der Waals surface area contributed by atoms with E-state index in [2.05, 4.69) is 12.2 Å². The van der Waals surface area contributed by atoms with Gasteiger partial charge in [0.2, 0.25) is 0 Å². The molecule has 0 unspecified atom stereocenters. The van der Waals surface area contributed by atoms with E-state index in [0.717, 1.165) is 35.9 Å². The quantitative estimate of drug-likeness (QED) is 0.832. The van der Waals surface area contributed by atoms with E-state index >= 15 is 0 Å². The Morgan fingerprint density at radius 2 is 2.00 bits per heavy atom. The molecule has 2 N–H and O–H groups in total. The molecule has 5 nitrogen and oxygen atoms in total. The van der Waals surface area contributed by atoms with Gasteiger partial charge in [-0.25, -0.2) is 13.6 Å². The molecule has 1 saturated heterocycles. The second kappa shape index (κ2) is 6.12. The van der Waals surface area contributed by atoms with E-state index in [9.17, 15) is 23.5 Å². The van der Waals surface area contributed by atoms with Crippen LogP contribution in [0.4, 0.5) is 13.6 Å². The highest BCUT2D eigenvalue weighted by Gasteiger charge is 2.52. The van der Waals surface area contributed by atoms with Crippen LogP contribution in [0, 0.1) is 17.6 Å². The van der Waals surface area contributed by atoms with Crippen LogP contribution in [-0.2, 0) is 4.79 Å². The van der Waals surface area contributed by atoms with E-state index in [4.69, 9.17) is 0 Å². The molecule has 24 heavy (non-hydrogen) atoms. The van der Waals surface area contributed by atoms with E-state index in [1.165, 1.54) is 0 Å². The monoisotopic (exact) mass is 338 g/mol. The first-order valence-electron chi connectivity index (χ1n) is 8.09. The average Bonchev–Trinajstić information content (AvgIpc) is 2.77. The first-order chi connectivity index (χ1) is 11.3. The Bertz CT molecular complexity index is 672. The van der Waals surface area contributed by atoms with Gasteiger partial charge in [0, 0.05) is 5.56 Å². The van der Waals surface area contributed by atoms with Crippen LogP contribution in [0.25, 0.3) is 0 Å². The Morgan fingerprint density at radius 1 is 1.33 bits per heavy atom. The van der Waals surface area contributed by atoms with Gasteiger partial charge < -0.3 is 10.4 Å². The highest BCUT2D eigenvalue weighted by molar-refractivity contribution is 6.07. The molecule has 2 aliphatic rings. The van der Waals surface area contributed by atoms with Gasteiger partial charge in [0.05, 0.1) is 6.54 Å². The number of amides is 3. The summed E-state index contributed by atoms with van der Waals surface area (Å²) in [6.45, 7) is 1.70. The number of carbonyl (C=O) groups is 2. The molecule has 0 bridgehead atoms. The maximum absolute atomic E-state index is 13.7. The number of halogens is 2. The number of imide groups is 1. The van der Waals surface area contributed by atoms with Crippen LogP contribution < -0.4 is 5.32 Å². The van der Waals surface area contributed by atoms with Crippen LogP contribution in [0.15, 0.2) is 18.2 Å². The summed E-state index contributed by atoms with van der Waals surface area (Å²) in [5, 5.41) is 12.9. The molecule has 1 aliphatic carbocycles. The number of rotatable bonds is 3. The summed E-state index contributed by atoms with van der Waals surface area (Å²) >= 11 is 0. The number of aliphatic hydroxyl groups excluding tert-OH is 1. The molecule has 3 rings (SSSR count). The molecule has 1 spiro atoms. The van der Waals surface area contributed by atoms with Crippen molar-refractivity contribution < 1.29 is 23.5 Å². The van der Waals surface area contributed by atoms with Gasteiger partial charge in [0.25, 0.3) is 5.91 Å². The van der Waals surface area contributed by atoms with Crippen molar-refractivity contribution in [2.45, 2.75) is 44.2 Å². The lowest BCUT2D eigenvalue weighted by Gasteiger charge is -2.33. The largest absolute Gasteiger partial charge is 0.386 e. The fourth-order valence-electron chi connectivity index (χ4n) is 3.48. The average molecular weight is 338 g/mol. The molecular weight excluding hydrogens is 318 g/mol. The van der Waals surface area contributed by atoms with Gasteiger partial charge in [0.1, 0.15) is 23.3 Å². The summed E-state index contributed by atoms with van der Waals surface area (Å²) in [4.78, 5) is 25.8. The first-order valence-corrected chi connectivity index (χ1v) is 8.09. The molecule has 1 heterocycles. The Balaban J connectivity index is 1.76. The van der Waals surface area contributed by atoms with E-state index in [1.807, 2.05) is 0 Å². The summed E-state index contributed by atoms with van der Waals surface area (Å²) in [6, 6.07) is 2.13. The number of urea groups is 1. The highest BCUT2D eigenvalue weighted by Crippen LogP contribution is 2.36. The predicted molar refractivity (Wildman–Crippen MR) is 81.9 cm³/mol. The third-order valence-corrected chi connectivity index (χ3v) is 5.05. The minimum absolute atomic E-state index is 0.270. The Kier molecular flexibility index (Phi) is 4.29. The maximum Gasteiger partial charge on any atom is 0.325 e. The SMILES string of the molecule is CC1CCC2(CC1)NC(=O)N(C[C@H](O)c1cc(F)ccc1F)C2=O. The standard InChI is InChI=1S/C17H20F2N2O3/c1-10-4-6-17(7-5-10)15(23)21(16(24)20-17)9-14(22)12-8-11(18)2-3-13(12)19/h2-3,8,10,14,22H,4-7,9H2,1H3,(H,20,24)/t10?,14-,17?/m0/s1. The minimum Gasteiger partial charge on any atom is -0.386 e. The molecular formula is C17H20F2N2O3. The molecule has 1 atom stereocenters. The Morgan fingerprint density at radius 3 is 2.67 bits per heavy atom. The van der Waals surface area contributed by atoms with Crippen molar-refractivity contribution in [2.24, 2.45) is 5.92 Å². The van der Waals surface area contributed by atoms with Crippen LogP contribution in [0.2, 0.25) is 0 Å². The van der Waals surface area contributed by atoms with E-state index in [0.29, 0.717) is 18.8 Å². The number of hydrogen-bond acceptors (Lipinski definition) is 3. The van der Waals surface area contributed by atoms with Gasteiger partial charge in [-0.05, 0) is 49.8 Å². The lowest BCUT2D eigenvalue weighted by molar-refractivity contribution is -0.133. The Labute approximate surface area is 138 Å². The third-order valence-electron chi connectivity index (χ3n) is 5.05. The summed E-state index contributed by atoms with van der Waals surface area (Å²) in [6.07, 6.45) is 1.30. The normalized spacial score (nSPS) is 28.3. The lowest BCUT2D eigenvalue weighted by atomic mass is 9.77. The predicted octanol–water partition coefficient (Wildman–Crippen LogP) is 2.50. The molecule has 1 saturated carbocycles. The summed E-state index contributed by atoms with van der Waals surface area (Å²) in [5.74, 6) is -1.37. The van der Waals surface area contributed by atoms with E-state index < -0.39 is 41.8 Å². The summed E-state index contributed by atoms with van der Waals surface area (Å²) in [7, 11) is 0. The topological polar surface area (TPSA) is 69.6 Å². The number of carbonyl (C=O) groups excluding carboxylic acids is 2. The second-order valence-corrected chi connectivity index (χ2v) is 6.79. The zero-order valence-corrected chi connectivity index (χ0v) is 13.4. The van der Waals surface area contributed by atoms with Crippen molar-refractivity contribution in [1.82, 2.24) is 10.2 Å². The van der Waals surface area contributed by atoms with Crippen LogP contribution >= 0.6 is 0 Å². The van der Waals surface area contributed by atoms with Crippen molar-refractivity contribution in [3.63, 3.8) is 0 Å². The molecule has 3 amide bonds. The number of β-amino-alcohol motifs (C(OH)–C–C–N with tert-alkyl or cyclic N) is 1. The fourth-order valence-corrected chi connectivity index (χ4v) is 3.48. The van der Waals surface area contributed by atoms with E-state index in [-0.39, 0.29) is 5.56 Å². The van der Waals surface area contributed by atoms with Crippen LogP contribution in [0.3, 0.4) is 0 Å². The van der Waals surface area contributed by atoms with E-state index in [1.54, 1.807) is 0 Å².